The molecule has 0 aliphatic carbocycles. The molecule has 1 saturated heterocycles. The van der Waals surface area contributed by atoms with Crippen LogP contribution < -0.4 is 19.7 Å². The Bertz CT molecular complexity index is 1100. The van der Waals surface area contributed by atoms with Crippen molar-refractivity contribution in [1.29, 1.82) is 0 Å². The first-order chi connectivity index (χ1) is 15.0. The molecule has 0 radical (unpaired) electrons. The van der Waals surface area contributed by atoms with E-state index in [9.17, 15) is 14.4 Å². The number of benzene rings is 2. The molecule has 2 heterocycles. The maximum Gasteiger partial charge on any atom is 0.316 e. The summed E-state index contributed by atoms with van der Waals surface area (Å²) < 4.78 is 10.7. The van der Waals surface area contributed by atoms with Crippen molar-refractivity contribution in [3.63, 3.8) is 0 Å². The third kappa shape index (κ3) is 4.75. The van der Waals surface area contributed by atoms with Gasteiger partial charge < -0.3 is 19.7 Å². The average molecular weight is 436 g/mol. The summed E-state index contributed by atoms with van der Waals surface area (Å²) in [6.45, 7) is 0.250. The Labute approximate surface area is 183 Å². The van der Waals surface area contributed by atoms with Crippen LogP contribution in [0.4, 0.5) is 11.4 Å². The molecule has 4 rings (SSSR count). The van der Waals surface area contributed by atoms with Crippen LogP contribution in [0.5, 0.6) is 11.5 Å². The molecule has 1 N–H and O–H groups in total. The molecule has 0 spiro atoms. The van der Waals surface area contributed by atoms with Gasteiger partial charge in [0.25, 0.3) is 5.91 Å². The number of methoxy groups -OCH3 is 1. The van der Waals surface area contributed by atoms with Gasteiger partial charge in [-0.1, -0.05) is 12.1 Å². The van der Waals surface area contributed by atoms with Gasteiger partial charge >= 0.3 is 5.97 Å². The van der Waals surface area contributed by atoms with Crippen LogP contribution in [-0.2, 0) is 9.59 Å². The maximum atomic E-state index is 12.6. The largest absolute Gasteiger partial charge is 0.497 e. The predicted octanol–water partition coefficient (Wildman–Crippen LogP) is 3.97. The van der Waals surface area contributed by atoms with Crippen LogP contribution in [0, 0.1) is 5.92 Å². The summed E-state index contributed by atoms with van der Waals surface area (Å²) in [5, 5.41) is 4.62. The number of nitrogens with one attached hydrogen (secondary N) is 1. The van der Waals surface area contributed by atoms with Crippen molar-refractivity contribution in [2.75, 3.05) is 23.9 Å². The number of rotatable bonds is 6. The van der Waals surface area contributed by atoms with E-state index in [1.807, 2.05) is 11.4 Å². The zero-order valence-electron chi connectivity index (χ0n) is 16.7. The molecule has 1 fully saturated rings. The number of carbonyl (C=O) groups is 3. The molecule has 158 valence electrons. The highest BCUT2D eigenvalue weighted by Crippen LogP contribution is 2.29. The van der Waals surface area contributed by atoms with E-state index >= 15 is 0 Å². The molecule has 1 atom stereocenters. The number of amides is 2. The van der Waals surface area contributed by atoms with E-state index in [0.717, 1.165) is 0 Å². The van der Waals surface area contributed by atoms with Crippen LogP contribution in [-0.4, -0.2) is 31.4 Å². The second kappa shape index (κ2) is 9.01. The number of anilines is 2. The maximum absolute atomic E-state index is 12.6. The average Bonchev–Trinajstić information content (AvgIpc) is 3.45. The number of carbonyl (C=O) groups excluding carboxylic acids is 3. The Morgan fingerprint density at radius 1 is 1.06 bits per heavy atom. The van der Waals surface area contributed by atoms with E-state index in [1.165, 1.54) is 11.3 Å². The Hall–Kier alpha value is -3.65. The van der Waals surface area contributed by atoms with Gasteiger partial charge in [-0.05, 0) is 47.8 Å². The molecule has 2 aromatic carbocycles. The van der Waals surface area contributed by atoms with E-state index in [1.54, 1.807) is 66.6 Å². The highest BCUT2D eigenvalue weighted by molar-refractivity contribution is 7.12. The molecule has 2 amide bonds. The topological polar surface area (TPSA) is 84.9 Å². The Balaban J connectivity index is 1.36. The molecule has 3 aromatic rings. The van der Waals surface area contributed by atoms with Crippen LogP contribution in [0.3, 0.4) is 0 Å². The monoisotopic (exact) mass is 436 g/mol. The predicted molar refractivity (Wildman–Crippen MR) is 118 cm³/mol. The smallest absolute Gasteiger partial charge is 0.316 e. The molecule has 7 nitrogen and oxygen atoms in total. The molecule has 0 saturated carbocycles. The van der Waals surface area contributed by atoms with Gasteiger partial charge in [0.1, 0.15) is 11.5 Å². The molecule has 31 heavy (non-hydrogen) atoms. The number of hydrogen-bond acceptors (Lipinski definition) is 6. The lowest BCUT2D eigenvalue weighted by molar-refractivity contribution is -0.139. The highest BCUT2D eigenvalue weighted by atomic mass is 32.1. The van der Waals surface area contributed by atoms with Crippen molar-refractivity contribution in [3.05, 3.63) is 70.9 Å². The van der Waals surface area contributed by atoms with Crippen molar-refractivity contribution < 1.29 is 23.9 Å². The molecule has 1 unspecified atom stereocenters. The molecule has 1 aromatic heterocycles. The standard InChI is InChI=1S/C23H20N2O5S/c1-29-19-5-2-4-17(13-19)25-14-15(12-21(25)26)23(28)30-18-9-7-16(8-10-18)24-22(27)20-6-3-11-31-20/h2-11,13,15H,12,14H2,1H3,(H,24,27). The van der Waals surface area contributed by atoms with Crippen LogP contribution in [0.1, 0.15) is 16.1 Å². The van der Waals surface area contributed by atoms with Crippen LogP contribution in [0.15, 0.2) is 66.0 Å². The quantitative estimate of drug-likeness (QED) is 0.467. The molecule has 1 aliphatic rings. The summed E-state index contributed by atoms with van der Waals surface area (Å²) in [6.07, 6.45) is 0.0883. The lowest BCUT2D eigenvalue weighted by Crippen LogP contribution is -2.27. The first-order valence-corrected chi connectivity index (χ1v) is 10.5. The molecular weight excluding hydrogens is 416 g/mol. The van der Waals surface area contributed by atoms with Gasteiger partial charge in [0.15, 0.2) is 0 Å². The number of thiophene rings is 1. The van der Waals surface area contributed by atoms with E-state index in [2.05, 4.69) is 5.32 Å². The van der Waals surface area contributed by atoms with Gasteiger partial charge in [-0.3, -0.25) is 14.4 Å². The van der Waals surface area contributed by atoms with Crippen molar-refractivity contribution in [1.82, 2.24) is 0 Å². The van der Waals surface area contributed by atoms with Crippen LogP contribution in [0.25, 0.3) is 0 Å². The summed E-state index contributed by atoms with van der Waals surface area (Å²) in [5.41, 5.74) is 1.28. The molecule has 8 heteroatoms. The highest BCUT2D eigenvalue weighted by Gasteiger charge is 2.36. The van der Waals surface area contributed by atoms with Gasteiger partial charge in [-0.2, -0.15) is 0 Å². The van der Waals surface area contributed by atoms with Gasteiger partial charge in [0, 0.05) is 30.4 Å². The minimum atomic E-state index is -0.558. The number of ether oxygens (including phenoxy) is 2. The Kier molecular flexibility index (Phi) is 5.99. The van der Waals surface area contributed by atoms with Crippen molar-refractivity contribution in [3.8, 4) is 11.5 Å². The molecular formula is C23H20N2O5S. The zero-order chi connectivity index (χ0) is 21.8. The van der Waals surface area contributed by atoms with E-state index < -0.39 is 11.9 Å². The zero-order valence-corrected chi connectivity index (χ0v) is 17.6. The number of hydrogen-bond donors (Lipinski definition) is 1. The van der Waals surface area contributed by atoms with Crippen LogP contribution >= 0.6 is 11.3 Å². The van der Waals surface area contributed by atoms with Gasteiger partial charge in [-0.15, -0.1) is 11.3 Å². The number of nitrogens with zero attached hydrogens (tertiary/aromatic N) is 1. The van der Waals surface area contributed by atoms with E-state index in [-0.39, 0.29) is 24.8 Å². The number of esters is 1. The van der Waals surface area contributed by atoms with Crippen molar-refractivity contribution in [2.45, 2.75) is 6.42 Å². The summed E-state index contributed by atoms with van der Waals surface area (Å²) in [7, 11) is 1.56. The first kappa shape index (κ1) is 20.6. The summed E-state index contributed by atoms with van der Waals surface area (Å²) in [5.74, 6) is -0.358. The van der Waals surface area contributed by atoms with E-state index in [4.69, 9.17) is 9.47 Å². The van der Waals surface area contributed by atoms with E-state index in [0.29, 0.717) is 27.8 Å². The fraction of sp³-hybridized carbons (Fsp3) is 0.174. The molecule has 0 bridgehead atoms. The van der Waals surface area contributed by atoms with Crippen molar-refractivity contribution in [2.24, 2.45) is 5.92 Å². The second-order valence-corrected chi connectivity index (χ2v) is 7.93. The Morgan fingerprint density at radius 2 is 1.87 bits per heavy atom. The SMILES string of the molecule is COc1cccc(N2CC(C(=O)Oc3ccc(NC(=O)c4cccs4)cc3)CC2=O)c1. The van der Waals surface area contributed by atoms with Gasteiger partial charge in [0.05, 0.1) is 17.9 Å². The summed E-state index contributed by atoms with van der Waals surface area (Å²) in [6, 6.07) is 17.3. The lowest BCUT2D eigenvalue weighted by atomic mass is 10.1. The summed E-state index contributed by atoms with van der Waals surface area (Å²) >= 11 is 1.36. The third-order valence-electron chi connectivity index (χ3n) is 4.90. The lowest BCUT2D eigenvalue weighted by Gasteiger charge is -2.17. The third-order valence-corrected chi connectivity index (χ3v) is 5.77. The van der Waals surface area contributed by atoms with Crippen molar-refractivity contribution >= 4 is 40.5 Å². The second-order valence-electron chi connectivity index (χ2n) is 6.98. The minimum Gasteiger partial charge on any atom is -0.497 e. The summed E-state index contributed by atoms with van der Waals surface area (Å²) in [4.78, 5) is 39.3. The first-order valence-electron chi connectivity index (χ1n) is 9.64. The Morgan fingerprint density at radius 3 is 2.58 bits per heavy atom. The van der Waals surface area contributed by atoms with Gasteiger partial charge in [-0.25, -0.2) is 0 Å². The normalized spacial score (nSPS) is 15.6. The fourth-order valence-corrected chi connectivity index (χ4v) is 3.92. The molecule has 1 aliphatic heterocycles. The van der Waals surface area contributed by atoms with Crippen LogP contribution in [0.2, 0.25) is 0 Å². The fourth-order valence-electron chi connectivity index (χ4n) is 3.30. The van der Waals surface area contributed by atoms with Gasteiger partial charge in [0.2, 0.25) is 5.91 Å². The minimum absolute atomic E-state index is 0.0883.